The number of benzene rings is 2. The van der Waals surface area contributed by atoms with Crippen LogP contribution in [0, 0.1) is 16.7 Å². The number of esters is 1. The van der Waals surface area contributed by atoms with Crippen LogP contribution < -0.4 is 10.6 Å². The van der Waals surface area contributed by atoms with Crippen LogP contribution in [0.15, 0.2) is 60.3 Å². The number of ether oxygens (including phenoxy) is 1. The number of aliphatic hydroxyl groups is 1. The van der Waals surface area contributed by atoms with E-state index >= 15 is 0 Å². The summed E-state index contributed by atoms with van der Waals surface area (Å²) < 4.78 is 45.0. The summed E-state index contributed by atoms with van der Waals surface area (Å²) >= 11 is 0. The lowest BCUT2D eigenvalue weighted by Crippen LogP contribution is -2.55. The van der Waals surface area contributed by atoms with Crippen LogP contribution >= 0.6 is 0 Å². The fourth-order valence-corrected chi connectivity index (χ4v) is 3.94. The lowest BCUT2D eigenvalue weighted by Gasteiger charge is -2.43. The first-order valence-electron chi connectivity index (χ1n) is 11.8. The molecule has 0 saturated carbocycles. The zero-order chi connectivity index (χ0) is 30.6. The molecule has 2 aromatic rings. The van der Waals surface area contributed by atoms with Crippen molar-refractivity contribution in [1.29, 1.82) is 10.7 Å². The van der Waals surface area contributed by atoms with Crippen molar-refractivity contribution in [2.24, 2.45) is 5.73 Å². The van der Waals surface area contributed by atoms with Crippen LogP contribution in [0.4, 0.5) is 23.7 Å². The molecule has 1 aliphatic rings. The highest BCUT2D eigenvalue weighted by Crippen LogP contribution is 2.42. The highest BCUT2D eigenvalue weighted by Gasteiger charge is 2.44. The molecule has 12 heteroatoms. The maximum absolute atomic E-state index is 13.3. The summed E-state index contributed by atoms with van der Waals surface area (Å²) in [6, 6.07) is 8.10. The average Bonchev–Trinajstić information content (AvgIpc) is 2.86. The standard InChI is InChI=1S/C24H20F3N5O3.C4H10O/c1-4-15-10-14(12-28)8-9-18(15)20-19(21(33)35-3)13(2)31(22(29)32(20)23(30)34)17-7-5-6-16(11-17)24(25,26)27;1-4(2,3)5/h4-11,20,29H,1H2,2-3H3,(H2,30,34);5H,1-3H3/t20-;/m1./s1. The second-order valence-corrected chi connectivity index (χ2v) is 9.64. The van der Waals surface area contributed by atoms with Gasteiger partial charge in [-0.1, -0.05) is 24.8 Å². The number of alkyl halides is 3. The van der Waals surface area contributed by atoms with Gasteiger partial charge in [-0.3, -0.25) is 15.2 Å². The minimum atomic E-state index is -4.66. The molecule has 9 nitrogen and oxygen atoms in total. The highest BCUT2D eigenvalue weighted by atomic mass is 19.4. The van der Waals surface area contributed by atoms with E-state index in [1.54, 1.807) is 20.8 Å². The van der Waals surface area contributed by atoms with E-state index in [4.69, 9.17) is 21.0 Å². The Hall–Kier alpha value is -4.63. The van der Waals surface area contributed by atoms with Gasteiger partial charge in [0, 0.05) is 11.4 Å². The van der Waals surface area contributed by atoms with Gasteiger partial charge in [-0.2, -0.15) is 18.4 Å². The number of primary amides is 1. The Bertz CT molecular complexity index is 1400. The molecule has 3 rings (SSSR count). The number of methoxy groups -OCH3 is 1. The number of hydrogen-bond donors (Lipinski definition) is 3. The fourth-order valence-electron chi connectivity index (χ4n) is 3.94. The Morgan fingerprint density at radius 3 is 2.27 bits per heavy atom. The van der Waals surface area contributed by atoms with Crippen molar-refractivity contribution in [2.45, 2.75) is 45.5 Å². The van der Waals surface area contributed by atoms with Crippen molar-refractivity contribution in [1.82, 2.24) is 4.90 Å². The van der Waals surface area contributed by atoms with Gasteiger partial charge in [0.2, 0.25) is 5.96 Å². The molecule has 0 aromatic heterocycles. The van der Waals surface area contributed by atoms with Crippen LogP contribution in [-0.2, 0) is 15.7 Å². The summed E-state index contributed by atoms with van der Waals surface area (Å²) in [5.74, 6) is -1.46. The normalized spacial score (nSPS) is 15.6. The lowest BCUT2D eigenvalue weighted by molar-refractivity contribution is -0.138. The molecule has 0 spiro atoms. The number of carbonyl (C=O) groups is 2. The lowest BCUT2D eigenvalue weighted by atomic mass is 9.89. The Kier molecular flexibility index (Phi) is 9.51. The van der Waals surface area contributed by atoms with Gasteiger partial charge in [0.05, 0.1) is 35.5 Å². The van der Waals surface area contributed by atoms with Crippen LogP contribution in [0.1, 0.15) is 56.0 Å². The van der Waals surface area contributed by atoms with Crippen LogP contribution in [0.3, 0.4) is 0 Å². The number of carbonyl (C=O) groups excluding carboxylic acids is 2. The van der Waals surface area contributed by atoms with Gasteiger partial charge < -0.3 is 15.6 Å². The number of nitriles is 1. The maximum Gasteiger partial charge on any atom is 0.416 e. The van der Waals surface area contributed by atoms with Crippen molar-refractivity contribution in [2.75, 3.05) is 12.0 Å². The molecule has 40 heavy (non-hydrogen) atoms. The number of amides is 2. The molecule has 1 heterocycles. The predicted molar refractivity (Wildman–Crippen MR) is 144 cm³/mol. The smallest absolute Gasteiger partial charge is 0.416 e. The second-order valence-electron chi connectivity index (χ2n) is 9.64. The van der Waals surface area contributed by atoms with Gasteiger partial charge in [0.15, 0.2) is 0 Å². The van der Waals surface area contributed by atoms with E-state index in [-0.39, 0.29) is 22.5 Å². The van der Waals surface area contributed by atoms with Crippen molar-refractivity contribution < 1.29 is 32.6 Å². The number of guanidine groups is 1. The van der Waals surface area contributed by atoms with E-state index in [0.29, 0.717) is 11.1 Å². The molecule has 0 fully saturated rings. The molecule has 0 bridgehead atoms. The number of rotatable bonds is 4. The minimum Gasteiger partial charge on any atom is -0.466 e. The van der Waals surface area contributed by atoms with Gasteiger partial charge in [-0.25, -0.2) is 9.59 Å². The minimum absolute atomic E-state index is 0.0584. The van der Waals surface area contributed by atoms with E-state index in [1.807, 2.05) is 6.07 Å². The van der Waals surface area contributed by atoms with Crippen LogP contribution in [0.2, 0.25) is 0 Å². The van der Waals surface area contributed by atoms with Crippen molar-refractivity contribution >= 4 is 29.7 Å². The first-order chi connectivity index (χ1) is 18.5. The monoisotopic (exact) mass is 557 g/mol. The summed E-state index contributed by atoms with van der Waals surface area (Å²) in [5.41, 5.74) is 4.92. The summed E-state index contributed by atoms with van der Waals surface area (Å²) in [5, 5.41) is 26.5. The van der Waals surface area contributed by atoms with Crippen LogP contribution in [-0.4, -0.2) is 40.7 Å². The van der Waals surface area contributed by atoms with E-state index in [0.717, 1.165) is 35.1 Å². The fraction of sp³-hybridized carbons (Fsp3) is 0.286. The number of urea groups is 1. The van der Waals surface area contributed by atoms with Gasteiger partial charge in [0.25, 0.3) is 0 Å². The van der Waals surface area contributed by atoms with Crippen LogP contribution in [0.5, 0.6) is 0 Å². The SMILES string of the molecule is C=Cc1cc(C#N)ccc1[C@@H]1C(C(=O)OC)=C(C)N(c2cccc(C(F)(F)F)c2)C(=N)N1C(N)=O.CC(C)(C)O. The maximum atomic E-state index is 13.3. The second kappa shape index (κ2) is 12.0. The predicted octanol–water partition coefficient (Wildman–Crippen LogP) is 5.32. The topological polar surface area (TPSA) is 144 Å². The summed E-state index contributed by atoms with van der Waals surface area (Å²) in [6.45, 7) is 10.4. The van der Waals surface area contributed by atoms with E-state index in [9.17, 15) is 28.0 Å². The zero-order valence-corrected chi connectivity index (χ0v) is 22.6. The third-order valence-corrected chi connectivity index (χ3v) is 5.50. The molecule has 0 aliphatic carbocycles. The third-order valence-electron chi connectivity index (χ3n) is 5.50. The molecule has 4 N–H and O–H groups in total. The molecule has 0 unspecified atom stereocenters. The van der Waals surface area contributed by atoms with Gasteiger partial charge in [-0.05, 0) is 69.2 Å². The molecule has 2 amide bonds. The number of allylic oxidation sites excluding steroid dienone is 1. The first kappa shape index (κ1) is 31.6. The highest BCUT2D eigenvalue weighted by molar-refractivity contribution is 6.10. The van der Waals surface area contributed by atoms with Gasteiger partial charge in [0.1, 0.15) is 6.04 Å². The molecule has 0 radical (unpaired) electrons. The Morgan fingerprint density at radius 2 is 1.80 bits per heavy atom. The first-order valence-corrected chi connectivity index (χ1v) is 11.8. The molecule has 2 aromatic carbocycles. The Balaban J connectivity index is 0.00000103. The van der Waals surface area contributed by atoms with Gasteiger partial charge in [-0.15, -0.1) is 0 Å². The number of nitrogens with two attached hydrogens (primary N) is 1. The average molecular weight is 558 g/mol. The number of nitrogens with one attached hydrogen (secondary N) is 1. The molecular formula is C28H30F3N5O4. The molecule has 1 aliphatic heterocycles. The van der Waals surface area contributed by atoms with E-state index in [1.165, 1.54) is 37.3 Å². The Morgan fingerprint density at radius 1 is 1.20 bits per heavy atom. The van der Waals surface area contributed by atoms with E-state index < -0.39 is 41.3 Å². The molecule has 0 saturated heterocycles. The number of halogens is 3. The van der Waals surface area contributed by atoms with Crippen molar-refractivity contribution in [3.05, 3.63) is 82.6 Å². The van der Waals surface area contributed by atoms with Crippen LogP contribution in [0.25, 0.3) is 6.08 Å². The summed E-state index contributed by atoms with van der Waals surface area (Å²) in [7, 11) is 1.11. The quantitative estimate of drug-likeness (QED) is 0.434. The Labute approximate surface area is 230 Å². The summed E-state index contributed by atoms with van der Waals surface area (Å²) in [6.07, 6.45) is -3.26. The zero-order valence-electron chi connectivity index (χ0n) is 22.6. The molecule has 1 atom stereocenters. The molecular weight excluding hydrogens is 527 g/mol. The summed E-state index contributed by atoms with van der Waals surface area (Å²) in [4.78, 5) is 27.3. The molecule has 212 valence electrons. The number of anilines is 1. The third kappa shape index (κ3) is 7.06. The van der Waals surface area contributed by atoms with Gasteiger partial charge >= 0.3 is 18.2 Å². The van der Waals surface area contributed by atoms with E-state index in [2.05, 4.69) is 6.58 Å². The number of nitrogens with zero attached hydrogens (tertiary/aromatic N) is 3. The van der Waals surface area contributed by atoms with Crippen molar-refractivity contribution in [3.8, 4) is 6.07 Å². The van der Waals surface area contributed by atoms with Crippen molar-refractivity contribution in [3.63, 3.8) is 0 Å². The number of hydrogen-bond acceptors (Lipinski definition) is 6. The largest absolute Gasteiger partial charge is 0.466 e.